The number of hydrogen-bond acceptors (Lipinski definition) is 18. The molecular weight excluding hydrogens is 2160 g/mol. The Bertz CT molecular complexity index is 3630. The number of aliphatic carboxylic acids is 1. The van der Waals surface area contributed by atoms with E-state index in [0.29, 0.717) is 18.7 Å². The summed E-state index contributed by atoms with van der Waals surface area (Å²) in [6.07, 6.45) is 21.7. The van der Waals surface area contributed by atoms with Gasteiger partial charge in [-0.3, -0.25) is 28.8 Å². The number of carboxylic acid groups (broad SMARTS) is 1. The Morgan fingerprint density at radius 3 is 1.23 bits per heavy atom. The normalized spacial score (nSPS) is 24.8. The standard InChI is InChI=1S/C12H14BrNO2.C12H12BrNO.2C8H14BrNO2.2C8H12BrNO.C7H12BrNO2.C7H10BrNO.C4H4BrClO.C4H5BrO2.3CH4/c13-12(6-7-12)11(16)14-10(8-15)9-4-2-1-3-5-9;13-12(6-7-12)11-14-10(8-15-11)9-4-2-1-3-5-9;1-7(2,5-11)10-6(12)8(9)3-4-8;1-2-6(5-11)10-7(12)8(9)3-4-8;1-7(2)5-11-6(10-7)8(9)3-4-8;1-2-6-5-11-7(10-6)8(9)3-4-8;1-5(4-10)9-6(11)7(8)2-3-7;1-5-4-10-6(9-5)7(8)2-3-7;2*5-4(1-2-4)3(6)7;;;/h1-5,10,15H,6-8H2,(H,14,16);1-5,10H,6-8H2;11H,3-5H2,1-2H3,(H,10,12);6,11H,2-5H2,1H3,(H,10,12);3-5H2,1-2H3;6H,2-5H2,1H3;5,10H,2-4H2,1H3,(H,9,11);5H,2-4H2,1H3;1-2H2;1-2H2,(H,6,7);3*1H4/t2*10-;;6-;;6-;;;;;;;/m00.1.1......./s1. The molecule has 4 heterocycles. The van der Waals surface area contributed by atoms with Gasteiger partial charge in [-0.2, -0.15) is 0 Å². The Hall–Kier alpha value is -1.73. The summed E-state index contributed by atoms with van der Waals surface area (Å²) in [5.74, 6) is 2.94. The lowest BCUT2D eigenvalue weighted by molar-refractivity contribution is -0.137. The predicted molar refractivity (Wildman–Crippen MR) is 496 cm³/mol. The zero-order valence-electron chi connectivity index (χ0n) is 64.7. The molecule has 0 radical (unpaired) electrons. The van der Waals surface area contributed by atoms with Gasteiger partial charge in [-0.05, 0) is 206 Å². The first-order chi connectivity index (χ1) is 52.3. The van der Waals surface area contributed by atoms with Crippen LogP contribution in [0.25, 0.3) is 0 Å². The van der Waals surface area contributed by atoms with Crippen molar-refractivity contribution in [2.24, 2.45) is 20.0 Å². The van der Waals surface area contributed by atoms with E-state index in [1.165, 1.54) is 44.1 Å². The molecular formula is C81H121Br10ClN8O15. The Labute approximate surface area is 770 Å². The number of carbonyl (C=O) groups is 6. The second-order valence-electron chi connectivity index (χ2n) is 32.3. The fourth-order valence-corrected chi connectivity index (χ4v) is 13.3. The molecule has 0 saturated heterocycles. The second-order valence-corrected chi connectivity index (χ2v) is 47.8. The minimum Gasteiger partial charge on any atom is -0.480 e. The highest BCUT2D eigenvalue weighted by atomic mass is 79.9. The first-order valence-electron chi connectivity index (χ1n) is 38.3. The zero-order valence-corrected chi connectivity index (χ0v) is 81.3. The number of amides is 4. The number of carboxylic acids is 1. The third-order valence-electron chi connectivity index (χ3n) is 19.8. The number of halogens is 11. The van der Waals surface area contributed by atoms with Gasteiger partial charge in [-0.25, -0.2) is 20.0 Å². The van der Waals surface area contributed by atoms with Crippen molar-refractivity contribution in [2.45, 2.75) is 309 Å². The van der Waals surface area contributed by atoms with E-state index < -0.39 is 15.8 Å². The van der Waals surface area contributed by atoms with Crippen LogP contribution in [-0.2, 0) is 47.7 Å². The number of hydrogen-bond donors (Lipinski definition) is 9. The topological polar surface area (TPSA) is 338 Å². The van der Waals surface area contributed by atoms with Gasteiger partial charge in [0.25, 0.3) is 0 Å². The average Bonchev–Trinajstić information content (AvgIpc) is 1.63. The van der Waals surface area contributed by atoms with Crippen molar-refractivity contribution in [1.29, 1.82) is 0 Å². The van der Waals surface area contributed by atoms with Crippen molar-refractivity contribution in [3.63, 3.8) is 0 Å². The molecule has 14 aliphatic rings. The first-order valence-corrected chi connectivity index (χ1v) is 46.6. The van der Waals surface area contributed by atoms with E-state index >= 15 is 0 Å². The molecule has 0 bridgehead atoms. The van der Waals surface area contributed by atoms with Gasteiger partial charge < -0.3 is 65.7 Å². The van der Waals surface area contributed by atoms with E-state index in [1.54, 1.807) is 20.8 Å². The van der Waals surface area contributed by atoms with Crippen molar-refractivity contribution in [3.05, 3.63) is 71.8 Å². The summed E-state index contributed by atoms with van der Waals surface area (Å²) in [4.78, 5) is 84.1. The van der Waals surface area contributed by atoms with E-state index in [0.717, 1.165) is 152 Å². The van der Waals surface area contributed by atoms with Crippen LogP contribution >= 0.6 is 171 Å². The van der Waals surface area contributed by atoms with Gasteiger partial charge in [0.1, 0.15) is 71.4 Å². The quantitative estimate of drug-likeness (QED) is 0.0391. The van der Waals surface area contributed by atoms with E-state index in [9.17, 15) is 33.9 Å². The molecule has 6 atom stereocenters. The van der Waals surface area contributed by atoms with Crippen molar-refractivity contribution in [2.75, 3.05) is 52.9 Å². The number of aliphatic imine (C=N–C) groups is 4. The Morgan fingerprint density at radius 2 is 0.904 bits per heavy atom. The lowest BCUT2D eigenvalue weighted by atomic mass is 10.1. The Kier molecular flexibility index (Phi) is 41.1. The van der Waals surface area contributed by atoms with Gasteiger partial charge >= 0.3 is 5.97 Å². The summed E-state index contributed by atoms with van der Waals surface area (Å²) in [5.41, 5.74) is 1.65. The zero-order chi connectivity index (χ0) is 83.2. The maximum absolute atomic E-state index is 11.8. The lowest BCUT2D eigenvalue weighted by Crippen LogP contribution is -2.49. The minimum atomic E-state index is -0.729. The number of aliphatic hydroxyl groups excluding tert-OH is 4. The molecule has 16 rings (SSSR count). The van der Waals surface area contributed by atoms with Crippen LogP contribution in [0.1, 0.15) is 242 Å². The molecule has 2 unspecified atom stereocenters. The summed E-state index contributed by atoms with van der Waals surface area (Å²) >= 11 is 39.2. The first kappa shape index (κ1) is 106. The van der Waals surface area contributed by atoms with Gasteiger partial charge in [0.05, 0.1) is 66.0 Å². The highest BCUT2D eigenvalue weighted by Gasteiger charge is 2.55. The highest BCUT2D eigenvalue weighted by molar-refractivity contribution is 9.12. The van der Waals surface area contributed by atoms with E-state index in [1.807, 2.05) is 55.5 Å². The predicted octanol–water partition coefficient (Wildman–Crippen LogP) is 17.4. The van der Waals surface area contributed by atoms with E-state index in [-0.39, 0.29) is 146 Å². The number of nitrogens with zero attached hydrogens (tertiary/aromatic N) is 4. The summed E-state index contributed by atoms with van der Waals surface area (Å²) in [6.45, 7) is 18.6. The lowest BCUT2D eigenvalue weighted by Gasteiger charge is -2.24. The smallest absolute Gasteiger partial charge is 0.320 e. The number of nitrogens with one attached hydrogen (secondary N) is 4. The largest absolute Gasteiger partial charge is 0.480 e. The van der Waals surface area contributed by atoms with Gasteiger partial charge in [0.15, 0.2) is 0 Å². The molecule has 652 valence electrons. The number of aliphatic hydroxyl groups is 4. The van der Waals surface area contributed by atoms with Crippen LogP contribution in [0.3, 0.4) is 0 Å². The van der Waals surface area contributed by atoms with Gasteiger partial charge in [-0.1, -0.05) is 256 Å². The SMILES string of the molecule is BrC1(C2=N[C@H](c3ccccc3)CO2)CC1.C.C.C.CC(C)(CO)NC(=O)C1(Br)CC1.CC(CO)NC(=O)C1(Br)CC1.CC1(C)COC(C2(Br)CC2)=N1.CC1COC(C2(Br)CC2)=N1.CC[C@@H]1COC(C2(Br)CC2)=N1.CC[C@H](CO)NC(=O)C1(Br)CC1.O=C(Cl)C1(Br)CC1.O=C(N[C@@H](CO)c1ccccc1)C1(Br)CC1.O=C(O)C1(Br)CC1. The number of ether oxygens (including phenoxy) is 4. The average molecular weight is 2280 g/mol. The van der Waals surface area contributed by atoms with Gasteiger partial charge in [0, 0.05) is 6.04 Å². The van der Waals surface area contributed by atoms with E-state index in [2.05, 4.69) is 240 Å². The molecule has 9 N–H and O–H groups in total. The summed E-state index contributed by atoms with van der Waals surface area (Å²) in [7, 11) is 0. The fraction of sp³-hybridized carbons (Fsp3) is 0.728. The summed E-state index contributed by atoms with van der Waals surface area (Å²) in [6, 6.07) is 20.2. The molecule has 10 aliphatic carbocycles. The van der Waals surface area contributed by atoms with Crippen LogP contribution in [0.4, 0.5) is 0 Å². The van der Waals surface area contributed by atoms with Crippen molar-refractivity contribution < 1.29 is 73.2 Å². The monoisotopic (exact) mass is 2270 g/mol. The molecule has 34 heteroatoms. The molecule has 2 aromatic rings. The van der Waals surface area contributed by atoms with Crippen LogP contribution in [-0.4, -0.2) is 215 Å². The van der Waals surface area contributed by atoms with Crippen LogP contribution in [0.15, 0.2) is 80.6 Å². The molecule has 4 amide bonds. The molecule has 2 aromatic carbocycles. The maximum Gasteiger partial charge on any atom is 0.320 e. The molecule has 10 fully saturated rings. The van der Waals surface area contributed by atoms with Crippen LogP contribution in [0, 0.1) is 0 Å². The molecule has 10 saturated carbocycles. The minimum absolute atomic E-state index is 0. The van der Waals surface area contributed by atoms with Crippen LogP contribution < -0.4 is 21.3 Å². The molecule has 115 heavy (non-hydrogen) atoms. The van der Waals surface area contributed by atoms with Gasteiger partial charge in [-0.15, -0.1) is 0 Å². The summed E-state index contributed by atoms with van der Waals surface area (Å²) in [5, 5.41) is 54.8. The van der Waals surface area contributed by atoms with Crippen molar-refractivity contribution >= 4 is 229 Å². The number of benzene rings is 2. The molecule has 4 aliphatic heterocycles. The Morgan fingerprint density at radius 1 is 0.504 bits per heavy atom. The highest BCUT2D eigenvalue weighted by Crippen LogP contribution is 2.52. The van der Waals surface area contributed by atoms with Crippen LogP contribution in [0.2, 0.25) is 0 Å². The van der Waals surface area contributed by atoms with Crippen LogP contribution in [0.5, 0.6) is 0 Å². The molecule has 0 aromatic heterocycles. The summed E-state index contributed by atoms with van der Waals surface area (Å²) < 4.78 is 20.4. The van der Waals surface area contributed by atoms with E-state index in [4.69, 9.17) is 51.0 Å². The van der Waals surface area contributed by atoms with Crippen molar-refractivity contribution in [3.8, 4) is 0 Å². The fourth-order valence-electron chi connectivity index (χ4n) is 9.80. The molecule has 23 nitrogen and oxygen atoms in total. The third-order valence-corrected chi connectivity index (χ3v) is 31.8. The Balaban J connectivity index is 0.000000270. The number of alkyl halides is 10. The maximum atomic E-state index is 11.8. The van der Waals surface area contributed by atoms with Gasteiger partial charge in [0.2, 0.25) is 52.5 Å². The number of rotatable bonds is 22. The van der Waals surface area contributed by atoms with Crippen molar-refractivity contribution in [1.82, 2.24) is 21.3 Å². The molecule has 0 spiro atoms. The second kappa shape index (κ2) is 44.7. The third kappa shape index (κ3) is 34.0. The number of carbonyl (C=O) groups excluding carboxylic acids is 5.